The van der Waals surface area contributed by atoms with Gasteiger partial charge in [0, 0.05) is 13.7 Å². The molecule has 90 valence electrons. The summed E-state index contributed by atoms with van der Waals surface area (Å²) in [7, 11) is 1.68. The van der Waals surface area contributed by atoms with Gasteiger partial charge in [-0.25, -0.2) is 4.39 Å². The number of halogens is 2. The van der Waals surface area contributed by atoms with Crippen molar-refractivity contribution in [1.29, 1.82) is 0 Å². The van der Waals surface area contributed by atoms with Gasteiger partial charge in [0.1, 0.15) is 5.82 Å². The number of anilines is 1. The molecule has 0 spiro atoms. The number of ether oxygens (including phenoxy) is 1. The smallest absolute Gasteiger partial charge is 0.125 e. The van der Waals surface area contributed by atoms with E-state index in [4.69, 9.17) is 16.3 Å². The zero-order chi connectivity index (χ0) is 12.2. The minimum atomic E-state index is -0.294. The van der Waals surface area contributed by atoms with E-state index in [0.29, 0.717) is 17.3 Å². The second kappa shape index (κ2) is 5.51. The lowest BCUT2D eigenvalue weighted by Crippen LogP contribution is -2.25. The highest BCUT2D eigenvalue weighted by Gasteiger charge is 2.15. The van der Waals surface area contributed by atoms with E-state index in [0.717, 1.165) is 6.42 Å². The Labute approximate surface area is 101 Å². The first-order chi connectivity index (χ1) is 7.44. The predicted molar refractivity (Wildman–Crippen MR) is 65.6 cm³/mol. The molecule has 2 nitrogen and oxygen atoms in total. The lowest BCUT2D eigenvalue weighted by molar-refractivity contribution is 0.0185. The molecule has 1 aromatic carbocycles. The van der Waals surface area contributed by atoms with E-state index < -0.39 is 0 Å². The molecule has 0 unspecified atom stereocenters. The molecule has 0 aliphatic heterocycles. The van der Waals surface area contributed by atoms with E-state index in [-0.39, 0.29) is 11.4 Å². The predicted octanol–water partition coefficient (Wildman–Crippen LogP) is 3.71. The zero-order valence-corrected chi connectivity index (χ0v) is 10.6. The Kier molecular flexibility index (Phi) is 4.56. The zero-order valence-electron chi connectivity index (χ0n) is 9.81. The van der Waals surface area contributed by atoms with Gasteiger partial charge in [-0.2, -0.15) is 0 Å². The Hall–Kier alpha value is -0.800. The minimum absolute atomic E-state index is 0.188. The highest BCUT2D eigenvalue weighted by atomic mass is 35.5. The maximum absolute atomic E-state index is 13.0. The summed E-state index contributed by atoms with van der Waals surface area (Å²) >= 11 is 5.92. The number of hydrogen-bond acceptors (Lipinski definition) is 2. The van der Waals surface area contributed by atoms with Crippen LogP contribution in [-0.4, -0.2) is 19.3 Å². The Bertz CT molecular complexity index is 355. The van der Waals surface area contributed by atoms with Gasteiger partial charge in [-0.3, -0.25) is 0 Å². The SMILES string of the molecule is COC(C)(C)CCNc1cc(F)ccc1Cl. The van der Waals surface area contributed by atoms with Crippen molar-refractivity contribution in [3.8, 4) is 0 Å². The van der Waals surface area contributed by atoms with Crippen LogP contribution in [0.4, 0.5) is 10.1 Å². The van der Waals surface area contributed by atoms with Crippen molar-refractivity contribution in [1.82, 2.24) is 0 Å². The summed E-state index contributed by atoms with van der Waals surface area (Å²) in [4.78, 5) is 0. The third-order valence-electron chi connectivity index (χ3n) is 2.52. The molecule has 0 fully saturated rings. The average molecular weight is 246 g/mol. The van der Waals surface area contributed by atoms with Crippen molar-refractivity contribution in [2.24, 2.45) is 0 Å². The molecular formula is C12H17ClFNO. The van der Waals surface area contributed by atoms with Crippen molar-refractivity contribution in [3.63, 3.8) is 0 Å². The molecule has 0 aliphatic rings. The van der Waals surface area contributed by atoms with Gasteiger partial charge < -0.3 is 10.1 Å². The first kappa shape index (κ1) is 13.3. The Morgan fingerprint density at radius 3 is 2.75 bits per heavy atom. The second-order valence-electron chi connectivity index (χ2n) is 4.26. The van der Waals surface area contributed by atoms with Crippen LogP contribution in [0.2, 0.25) is 5.02 Å². The van der Waals surface area contributed by atoms with Crippen LogP contribution in [0.5, 0.6) is 0 Å². The van der Waals surface area contributed by atoms with E-state index >= 15 is 0 Å². The van der Waals surface area contributed by atoms with Crippen LogP contribution in [0, 0.1) is 5.82 Å². The fraction of sp³-hybridized carbons (Fsp3) is 0.500. The van der Waals surface area contributed by atoms with Gasteiger partial charge in [0.25, 0.3) is 0 Å². The molecule has 0 radical (unpaired) electrons. The molecule has 0 aliphatic carbocycles. The van der Waals surface area contributed by atoms with Crippen LogP contribution in [0.15, 0.2) is 18.2 Å². The molecule has 1 aromatic rings. The maximum atomic E-state index is 13.0. The lowest BCUT2D eigenvalue weighted by atomic mass is 10.1. The van der Waals surface area contributed by atoms with Crippen LogP contribution in [0.25, 0.3) is 0 Å². The van der Waals surface area contributed by atoms with Crippen LogP contribution in [0.1, 0.15) is 20.3 Å². The minimum Gasteiger partial charge on any atom is -0.384 e. The number of rotatable bonds is 5. The first-order valence-corrected chi connectivity index (χ1v) is 5.56. The van der Waals surface area contributed by atoms with E-state index in [1.807, 2.05) is 13.8 Å². The summed E-state index contributed by atoms with van der Waals surface area (Å²) in [5.74, 6) is -0.294. The summed E-state index contributed by atoms with van der Waals surface area (Å²) in [6, 6.07) is 4.27. The van der Waals surface area contributed by atoms with Gasteiger partial charge >= 0.3 is 0 Å². The van der Waals surface area contributed by atoms with Gasteiger partial charge in [-0.05, 0) is 38.5 Å². The molecule has 4 heteroatoms. The number of hydrogen-bond donors (Lipinski definition) is 1. The monoisotopic (exact) mass is 245 g/mol. The fourth-order valence-electron chi connectivity index (χ4n) is 1.23. The largest absolute Gasteiger partial charge is 0.384 e. The molecule has 16 heavy (non-hydrogen) atoms. The van der Waals surface area contributed by atoms with Crippen LogP contribution in [-0.2, 0) is 4.74 Å². The molecule has 0 saturated carbocycles. The molecule has 0 saturated heterocycles. The number of methoxy groups -OCH3 is 1. The van der Waals surface area contributed by atoms with Crippen molar-refractivity contribution < 1.29 is 9.13 Å². The van der Waals surface area contributed by atoms with Gasteiger partial charge in [-0.1, -0.05) is 11.6 Å². The first-order valence-electron chi connectivity index (χ1n) is 5.19. The Morgan fingerprint density at radius 2 is 2.12 bits per heavy atom. The normalized spacial score (nSPS) is 11.6. The molecule has 0 bridgehead atoms. The molecule has 0 amide bonds. The quantitative estimate of drug-likeness (QED) is 0.854. The fourth-order valence-corrected chi connectivity index (χ4v) is 1.42. The van der Waals surface area contributed by atoms with Gasteiger partial charge in [0.2, 0.25) is 0 Å². The molecule has 1 rings (SSSR count). The Balaban J connectivity index is 2.52. The van der Waals surface area contributed by atoms with E-state index in [9.17, 15) is 4.39 Å². The third-order valence-corrected chi connectivity index (χ3v) is 2.85. The van der Waals surface area contributed by atoms with E-state index in [1.165, 1.54) is 12.1 Å². The van der Waals surface area contributed by atoms with E-state index in [1.54, 1.807) is 13.2 Å². The topological polar surface area (TPSA) is 21.3 Å². The lowest BCUT2D eigenvalue weighted by Gasteiger charge is -2.23. The second-order valence-corrected chi connectivity index (χ2v) is 4.67. The summed E-state index contributed by atoms with van der Waals surface area (Å²) in [6.07, 6.45) is 0.816. The molecule has 1 N–H and O–H groups in total. The average Bonchev–Trinajstić information content (AvgIpc) is 2.23. The van der Waals surface area contributed by atoms with Crippen LogP contribution in [0.3, 0.4) is 0 Å². The van der Waals surface area contributed by atoms with Crippen LogP contribution < -0.4 is 5.32 Å². The highest BCUT2D eigenvalue weighted by Crippen LogP contribution is 2.23. The molecule has 0 aromatic heterocycles. The summed E-state index contributed by atoms with van der Waals surface area (Å²) in [5.41, 5.74) is 0.431. The summed E-state index contributed by atoms with van der Waals surface area (Å²) < 4.78 is 18.2. The van der Waals surface area contributed by atoms with Crippen molar-refractivity contribution >= 4 is 17.3 Å². The molecule has 0 heterocycles. The third kappa shape index (κ3) is 3.99. The van der Waals surface area contributed by atoms with Gasteiger partial charge in [-0.15, -0.1) is 0 Å². The van der Waals surface area contributed by atoms with Crippen molar-refractivity contribution in [2.45, 2.75) is 25.9 Å². The number of nitrogens with one attached hydrogen (secondary N) is 1. The van der Waals surface area contributed by atoms with Crippen LogP contribution >= 0.6 is 11.6 Å². The van der Waals surface area contributed by atoms with Crippen molar-refractivity contribution in [2.75, 3.05) is 19.0 Å². The van der Waals surface area contributed by atoms with Crippen molar-refractivity contribution in [3.05, 3.63) is 29.0 Å². The Morgan fingerprint density at radius 1 is 1.44 bits per heavy atom. The van der Waals surface area contributed by atoms with Gasteiger partial charge in [0.15, 0.2) is 0 Å². The molecule has 0 atom stereocenters. The standard InChI is InChI=1S/C12H17ClFNO/c1-12(2,16-3)6-7-15-11-8-9(14)4-5-10(11)13/h4-5,8,15H,6-7H2,1-3H3. The molecular weight excluding hydrogens is 229 g/mol. The number of benzene rings is 1. The van der Waals surface area contributed by atoms with Gasteiger partial charge in [0.05, 0.1) is 16.3 Å². The summed E-state index contributed by atoms with van der Waals surface area (Å²) in [6.45, 7) is 4.69. The maximum Gasteiger partial charge on any atom is 0.125 e. The van der Waals surface area contributed by atoms with E-state index in [2.05, 4.69) is 5.32 Å². The highest BCUT2D eigenvalue weighted by molar-refractivity contribution is 6.33. The summed E-state index contributed by atoms with van der Waals surface area (Å²) in [5, 5.41) is 3.62.